The highest BCUT2D eigenvalue weighted by atomic mass is 16.2. The number of para-hydroxylation sites is 1. The van der Waals surface area contributed by atoms with Gasteiger partial charge in [0.05, 0.1) is 6.20 Å². The molecular formula is C19H22N6O2. The molecule has 3 aromatic rings. The Morgan fingerprint density at radius 1 is 1.26 bits per heavy atom. The largest absolute Gasteiger partial charge is 0.361 e. The molecule has 0 radical (unpaired) electrons. The summed E-state index contributed by atoms with van der Waals surface area (Å²) in [5.41, 5.74) is 2.27. The lowest BCUT2D eigenvalue weighted by Gasteiger charge is -2.23. The fraction of sp³-hybridized carbons (Fsp3) is 0.368. The lowest BCUT2D eigenvalue weighted by atomic mass is 9.85. The minimum absolute atomic E-state index is 0.0171. The van der Waals surface area contributed by atoms with E-state index in [9.17, 15) is 9.59 Å². The van der Waals surface area contributed by atoms with Crippen molar-refractivity contribution in [3.63, 3.8) is 0 Å². The number of hydrogen-bond donors (Lipinski definition) is 3. The van der Waals surface area contributed by atoms with Gasteiger partial charge in [-0.3, -0.25) is 9.59 Å². The Kier molecular flexibility index (Phi) is 4.86. The molecule has 2 amide bonds. The number of carbonyl (C=O) groups is 2. The van der Waals surface area contributed by atoms with Crippen LogP contribution in [0.25, 0.3) is 10.9 Å². The summed E-state index contributed by atoms with van der Waals surface area (Å²) in [7, 11) is 0. The van der Waals surface area contributed by atoms with E-state index in [4.69, 9.17) is 0 Å². The molecule has 2 heterocycles. The standard InChI is InChI=1S/C19H22N6O2/c26-18(20-9-8-14-10-21-16-7-2-1-6-15(14)16)12-25-11-17(23-24-25)22-19(27)13-4-3-5-13/h1-2,6-7,10-11,13,21H,3-5,8-9,12H2,(H,20,26)(H,22,27). The number of fused-ring (bicyclic) bond motifs is 1. The summed E-state index contributed by atoms with van der Waals surface area (Å²) in [5.74, 6) is 0.314. The second kappa shape index (κ2) is 7.61. The van der Waals surface area contributed by atoms with E-state index in [1.54, 1.807) is 6.20 Å². The molecular weight excluding hydrogens is 344 g/mol. The van der Waals surface area contributed by atoms with Crippen molar-refractivity contribution in [2.24, 2.45) is 5.92 Å². The highest BCUT2D eigenvalue weighted by Crippen LogP contribution is 2.27. The molecule has 0 saturated heterocycles. The number of hydrogen-bond acceptors (Lipinski definition) is 4. The van der Waals surface area contributed by atoms with Gasteiger partial charge in [-0.1, -0.05) is 29.8 Å². The zero-order valence-corrected chi connectivity index (χ0v) is 14.9. The van der Waals surface area contributed by atoms with Crippen LogP contribution in [0.15, 0.2) is 36.7 Å². The number of rotatable bonds is 7. The van der Waals surface area contributed by atoms with Crippen molar-refractivity contribution < 1.29 is 9.59 Å². The summed E-state index contributed by atoms with van der Waals surface area (Å²) in [6.45, 7) is 0.612. The van der Waals surface area contributed by atoms with E-state index in [-0.39, 0.29) is 24.3 Å². The van der Waals surface area contributed by atoms with E-state index in [0.29, 0.717) is 12.4 Å². The van der Waals surface area contributed by atoms with Gasteiger partial charge in [0.15, 0.2) is 5.82 Å². The maximum Gasteiger partial charge on any atom is 0.241 e. The van der Waals surface area contributed by atoms with Crippen LogP contribution in [0.4, 0.5) is 5.82 Å². The Hall–Kier alpha value is -3.16. The van der Waals surface area contributed by atoms with Crippen molar-refractivity contribution in [2.75, 3.05) is 11.9 Å². The summed E-state index contributed by atoms with van der Waals surface area (Å²) in [6, 6.07) is 8.09. The molecule has 3 N–H and O–H groups in total. The summed E-state index contributed by atoms with van der Waals surface area (Å²) in [6.07, 6.45) is 7.26. The van der Waals surface area contributed by atoms with E-state index in [1.165, 1.54) is 15.6 Å². The number of H-pyrrole nitrogens is 1. The topological polar surface area (TPSA) is 105 Å². The molecule has 0 aliphatic heterocycles. The molecule has 2 aromatic heterocycles. The van der Waals surface area contributed by atoms with Gasteiger partial charge in [-0.2, -0.15) is 0 Å². The molecule has 8 nitrogen and oxygen atoms in total. The summed E-state index contributed by atoms with van der Waals surface area (Å²) < 4.78 is 1.43. The average Bonchev–Trinajstić information content (AvgIpc) is 3.20. The molecule has 8 heteroatoms. The number of aromatic amines is 1. The van der Waals surface area contributed by atoms with E-state index >= 15 is 0 Å². The van der Waals surface area contributed by atoms with Gasteiger partial charge in [-0.15, -0.1) is 5.10 Å². The van der Waals surface area contributed by atoms with Crippen LogP contribution in [-0.4, -0.2) is 38.3 Å². The van der Waals surface area contributed by atoms with Crippen LogP contribution >= 0.6 is 0 Å². The molecule has 0 spiro atoms. The molecule has 140 valence electrons. The number of benzene rings is 1. The molecule has 0 unspecified atom stereocenters. The van der Waals surface area contributed by atoms with Gasteiger partial charge in [0, 0.05) is 29.6 Å². The zero-order valence-electron chi connectivity index (χ0n) is 14.9. The van der Waals surface area contributed by atoms with Gasteiger partial charge in [-0.25, -0.2) is 4.68 Å². The van der Waals surface area contributed by atoms with Gasteiger partial charge < -0.3 is 15.6 Å². The number of carbonyl (C=O) groups excluding carboxylic acids is 2. The Morgan fingerprint density at radius 2 is 2.11 bits per heavy atom. The monoisotopic (exact) mass is 366 g/mol. The van der Waals surface area contributed by atoms with E-state index in [1.807, 2.05) is 24.4 Å². The van der Waals surface area contributed by atoms with Crippen molar-refractivity contribution >= 4 is 28.5 Å². The predicted molar refractivity (Wildman–Crippen MR) is 101 cm³/mol. The van der Waals surface area contributed by atoms with Gasteiger partial charge in [0.25, 0.3) is 0 Å². The van der Waals surface area contributed by atoms with Crippen LogP contribution in [0.2, 0.25) is 0 Å². The molecule has 1 fully saturated rings. The number of nitrogens with one attached hydrogen (secondary N) is 3. The third-order valence-electron chi connectivity index (χ3n) is 4.96. The summed E-state index contributed by atoms with van der Waals surface area (Å²) in [4.78, 5) is 27.2. The van der Waals surface area contributed by atoms with E-state index in [0.717, 1.165) is 31.2 Å². The highest BCUT2D eigenvalue weighted by Gasteiger charge is 2.25. The third-order valence-corrected chi connectivity index (χ3v) is 4.96. The lowest BCUT2D eigenvalue weighted by molar-refractivity contribution is -0.122. The highest BCUT2D eigenvalue weighted by molar-refractivity contribution is 5.92. The summed E-state index contributed by atoms with van der Waals surface area (Å²) in [5, 5.41) is 14.6. The molecule has 0 atom stereocenters. The van der Waals surface area contributed by atoms with Crippen molar-refractivity contribution in [3.05, 3.63) is 42.2 Å². The van der Waals surface area contributed by atoms with Crippen molar-refractivity contribution in [1.82, 2.24) is 25.3 Å². The summed E-state index contributed by atoms with van der Waals surface area (Å²) >= 11 is 0. The number of anilines is 1. The Bertz CT molecular complexity index is 956. The SMILES string of the molecule is O=C(Cn1cc(NC(=O)C2CCC2)nn1)NCCc1c[nH]c2ccccc12. The second-order valence-corrected chi connectivity index (χ2v) is 6.88. The molecule has 0 bridgehead atoms. The van der Waals surface area contributed by atoms with Crippen LogP contribution < -0.4 is 10.6 Å². The van der Waals surface area contributed by atoms with Gasteiger partial charge in [0.2, 0.25) is 11.8 Å². The molecule has 1 aliphatic carbocycles. The average molecular weight is 366 g/mol. The van der Waals surface area contributed by atoms with Crippen LogP contribution in [0.5, 0.6) is 0 Å². The Balaban J connectivity index is 1.24. The maximum absolute atomic E-state index is 12.1. The minimum atomic E-state index is -0.142. The van der Waals surface area contributed by atoms with Crippen LogP contribution in [0.3, 0.4) is 0 Å². The normalized spacial score (nSPS) is 14.1. The smallest absolute Gasteiger partial charge is 0.241 e. The van der Waals surface area contributed by atoms with Crippen LogP contribution in [0, 0.1) is 5.92 Å². The first-order valence-corrected chi connectivity index (χ1v) is 9.22. The molecule has 27 heavy (non-hydrogen) atoms. The van der Waals surface area contributed by atoms with Crippen LogP contribution in [0.1, 0.15) is 24.8 Å². The van der Waals surface area contributed by atoms with E-state index in [2.05, 4.69) is 32.0 Å². The van der Waals surface area contributed by atoms with Gasteiger partial charge >= 0.3 is 0 Å². The lowest BCUT2D eigenvalue weighted by Crippen LogP contribution is -2.29. The number of nitrogens with zero attached hydrogens (tertiary/aromatic N) is 3. The third kappa shape index (κ3) is 3.99. The zero-order chi connectivity index (χ0) is 18.6. The van der Waals surface area contributed by atoms with Crippen molar-refractivity contribution in [3.8, 4) is 0 Å². The Labute approximate surface area is 156 Å². The van der Waals surface area contributed by atoms with E-state index < -0.39 is 0 Å². The van der Waals surface area contributed by atoms with Gasteiger partial charge in [-0.05, 0) is 30.9 Å². The molecule has 1 aliphatic rings. The number of amides is 2. The molecule has 4 rings (SSSR count). The minimum Gasteiger partial charge on any atom is -0.361 e. The predicted octanol–water partition coefficient (Wildman–Crippen LogP) is 1.86. The van der Waals surface area contributed by atoms with Crippen LogP contribution in [-0.2, 0) is 22.6 Å². The molecule has 1 aromatic carbocycles. The first kappa shape index (κ1) is 17.3. The maximum atomic E-state index is 12.1. The Morgan fingerprint density at radius 3 is 2.93 bits per heavy atom. The fourth-order valence-electron chi connectivity index (χ4n) is 3.21. The number of aromatic nitrogens is 4. The fourth-order valence-corrected chi connectivity index (χ4v) is 3.21. The second-order valence-electron chi connectivity index (χ2n) is 6.88. The first-order valence-electron chi connectivity index (χ1n) is 9.22. The van der Waals surface area contributed by atoms with Crippen molar-refractivity contribution in [1.29, 1.82) is 0 Å². The quantitative estimate of drug-likeness (QED) is 0.593. The molecule has 1 saturated carbocycles. The first-order chi connectivity index (χ1) is 13.2. The van der Waals surface area contributed by atoms with Crippen molar-refractivity contribution in [2.45, 2.75) is 32.2 Å². The van der Waals surface area contributed by atoms with Gasteiger partial charge in [0.1, 0.15) is 6.54 Å².